The standard InChI is InChI=1S/C17H17ClN4O/c1-12(13-6-5-9-19-10-13)22(2)11-16-20-21-17(23-16)14-7-3-4-8-15(14)18/h3-10,12H,11H2,1-2H3/t12-/m1/s1. The molecule has 0 saturated heterocycles. The number of aromatic nitrogens is 3. The molecule has 6 heteroatoms. The molecule has 3 aromatic rings. The topological polar surface area (TPSA) is 55.1 Å². The predicted molar refractivity (Wildman–Crippen MR) is 88.9 cm³/mol. The summed E-state index contributed by atoms with van der Waals surface area (Å²) in [6.45, 7) is 2.66. The van der Waals surface area contributed by atoms with Gasteiger partial charge in [-0.3, -0.25) is 9.88 Å². The van der Waals surface area contributed by atoms with Gasteiger partial charge in [-0.25, -0.2) is 0 Å². The minimum absolute atomic E-state index is 0.194. The van der Waals surface area contributed by atoms with Gasteiger partial charge in [0.1, 0.15) is 0 Å². The maximum Gasteiger partial charge on any atom is 0.249 e. The van der Waals surface area contributed by atoms with Crippen molar-refractivity contribution >= 4 is 11.6 Å². The molecular formula is C17H17ClN4O. The molecule has 0 aliphatic heterocycles. The summed E-state index contributed by atoms with van der Waals surface area (Å²) in [6, 6.07) is 11.6. The van der Waals surface area contributed by atoms with E-state index in [2.05, 4.69) is 33.1 Å². The van der Waals surface area contributed by atoms with E-state index in [0.29, 0.717) is 23.3 Å². The van der Waals surface area contributed by atoms with Gasteiger partial charge >= 0.3 is 0 Å². The van der Waals surface area contributed by atoms with Crippen LogP contribution in [-0.4, -0.2) is 27.1 Å². The van der Waals surface area contributed by atoms with Crippen molar-refractivity contribution in [3.05, 3.63) is 65.3 Å². The van der Waals surface area contributed by atoms with Gasteiger partial charge in [0.2, 0.25) is 11.8 Å². The third-order valence-electron chi connectivity index (χ3n) is 3.78. The lowest BCUT2D eigenvalue weighted by atomic mass is 10.1. The van der Waals surface area contributed by atoms with E-state index < -0.39 is 0 Å². The van der Waals surface area contributed by atoms with E-state index in [9.17, 15) is 0 Å². The number of rotatable bonds is 5. The van der Waals surface area contributed by atoms with Crippen LogP contribution in [0.15, 0.2) is 53.2 Å². The highest BCUT2D eigenvalue weighted by molar-refractivity contribution is 6.33. The van der Waals surface area contributed by atoms with Crippen LogP contribution in [0.5, 0.6) is 0 Å². The Kier molecular flexibility index (Phi) is 4.69. The molecule has 0 fully saturated rings. The lowest BCUT2D eigenvalue weighted by Gasteiger charge is -2.22. The van der Waals surface area contributed by atoms with Gasteiger partial charge in [-0.2, -0.15) is 0 Å². The monoisotopic (exact) mass is 328 g/mol. The van der Waals surface area contributed by atoms with Crippen LogP contribution in [0.2, 0.25) is 5.02 Å². The van der Waals surface area contributed by atoms with Gasteiger partial charge in [-0.05, 0) is 37.7 Å². The van der Waals surface area contributed by atoms with Crippen LogP contribution < -0.4 is 0 Å². The molecule has 0 saturated carbocycles. The number of hydrogen-bond donors (Lipinski definition) is 0. The Balaban J connectivity index is 1.73. The SMILES string of the molecule is C[C@H](c1cccnc1)N(C)Cc1nnc(-c2ccccc2Cl)o1. The van der Waals surface area contributed by atoms with Crippen LogP contribution in [0.1, 0.15) is 24.4 Å². The minimum Gasteiger partial charge on any atom is -0.419 e. The summed E-state index contributed by atoms with van der Waals surface area (Å²) in [5.74, 6) is 0.992. The molecule has 0 aliphatic carbocycles. The number of halogens is 1. The molecule has 0 amide bonds. The molecule has 5 nitrogen and oxygen atoms in total. The maximum atomic E-state index is 6.16. The van der Waals surface area contributed by atoms with Crippen molar-refractivity contribution in [2.45, 2.75) is 19.5 Å². The number of nitrogens with zero attached hydrogens (tertiary/aromatic N) is 4. The van der Waals surface area contributed by atoms with Crippen LogP contribution in [0.3, 0.4) is 0 Å². The Morgan fingerprint density at radius 3 is 2.74 bits per heavy atom. The summed E-state index contributed by atoms with van der Waals surface area (Å²) in [5, 5.41) is 8.81. The molecule has 23 heavy (non-hydrogen) atoms. The zero-order valence-corrected chi connectivity index (χ0v) is 13.7. The van der Waals surface area contributed by atoms with E-state index in [4.69, 9.17) is 16.0 Å². The largest absolute Gasteiger partial charge is 0.419 e. The molecule has 118 valence electrons. The summed E-state index contributed by atoms with van der Waals surface area (Å²) in [7, 11) is 2.01. The average molecular weight is 329 g/mol. The van der Waals surface area contributed by atoms with Crippen molar-refractivity contribution in [3.8, 4) is 11.5 Å². The summed E-state index contributed by atoms with van der Waals surface area (Å²) < 4.78 is 5.74. The van der Waals surface area contributed by atoms with E-state index in [1.54, 1.807) is 12.3 Å². The Morgan fingerprint density at radius 2 is 2.00 bits per heavy atom. The highest BCUT2D eigenvalue weighted by atomic mass is 35.5. The van der Waals surface area contributed by atoms with Crippen molar-refractivity contribution in [3.63, 3.8) is 0 Å². The van der Waals surface area contributed by atoms with Crippen LogP contribution >= 0.6 is 11.6 Å². The second-order valence-corrected chi connectivity index (χ2v) is 5.77. The van der Waals surface area contributed by atoms with Crippen LogP contribution in [0.4, 0.5) is 0 Å². The Bertz CT molecular complexity index is 775. The van der Waals surface area contributed by atoms with Gasteiger partial charge in [0.05, 0.1) is 17.1 Å². The summed E-state index contributed by atoms with van der Waals surface area (Å²) in [4.78, 5) is 6.28. The Morgan fingerprint density at radius 1 is 1.17 bits per heavy atom. The highest BCUT2D eigenvalue weighted by Gasteiger charge is 2.16. The zero-order valence-electron chi connectivity index (χ0n) is 13.0. The van der Waals surface area contributed by atoms with E-state index in [1.165, 1.54) is 0 Å². The number of benzene rings is 1. The van der Waals surface area contributed by atoms with Crippen molar-refractivity contribution in [2.24, 2.45) is 0 Å². The molecule has 0 spiro atoms. The quantitative estimate of drug-likeness (QED) is 0.709. The fourth-order valence-electron chi connectivity index (χ4n) is 2.29. The smallest absolute Gasteiger partial charge is 0.249 e. The molecule has 0 radical (unpaired) electrons. The second-order valence-electron chi connectivity index (χ2n) is 5.36. The zero-order chi connectivity index (χ0) is 16.2. The summed E-state index contributed by atoms with van der Waals surface area (Å²) >= 11 is 6.16. The Labute approximate surface area is 139 Å². The lowest BCUT2D eigenvalue weighted by molar-refractivity contribution is 0.228. The fraction of sp³-hybridized carbons (Fsp3) is 0.235. The summed E-state index contributed by atoms with van der Waals surface area (Å²) in [5.41, 5.74) is 1.89. The normalized spacial score (nSPS) is 12.5. The lowest BCUT2D eigenvalue weighted by Crippen LogP contribution is -2.22. The van der Waals surface area contributed by atoms with Crippen molar-refractivity contribution < 1.29 is 4.42 Å². The molecule has 0 bridgehead atoms. The first-order chi connectivity index (χ1) is 11.1. The van der Waals surface area contributed by atoms with Gasteiger partial charge in [0.15, 0.2) is 0 Å². The van der Waals surface area contributed by atoms with Crippen molar-refractivity contribution in [1.82, 2.24) is 20.1 Å². The Hall–Kier alpha value is -2.24. The molecule has 0 aliphatic rings. The third-order valence-corrected chi connectivity index (χ3v) is 4.11. The number of pyridine rings is 1. The molecule has 1 atom stereocenters. The first kappa shape index (κ1) is 15.6. The van der Waals surface area contributed by atoms with E-state index in [1.807, 2.05) is 37.5 Å². The highest BCUT2D eigenvalue weighted by Crippen LogP contribution is 2.27. The molecule has 0 unspecified atom stereocenters. The van der Waals surface area contributed by atoms with Gasteiger partial charge < -0.3 is 4.42 Å². The fourth-order valence-corrected chi connectivity index (χ4v) is 2.51. The number of hydrogen-bond acceptors (Lipinski definition) is 5. The van der Waals surface area contributed by atoms with E-state index >= 15 is 0 Å². The first-order valence-corrected chi connectivity index (χ1v) is 7.70. The van der Waals surface area contributed by atoms with Gasteiger partial charge in [-0.15, -0.1) is 10.2 Å². The van der Waals surface area contributed by atoms with Crippen molar-refractivity contribution in [1.29, 1.82) is 0 Å². The molecule has 3 rings (SSSR count). The second kappa shape index (κ2) is 6.89. The van der Waals surface area contributed by atoms with Gasteiger partial charge in [0.25, 0.3) is 0 Å². The van der Waals surface area contributed by atoms with Crippen LogP contribution in [0.25, 0.3) is 11.5 Å². The summed E-state index contributed by atoms with van der Waals surface area (Å²) in [6.07, 6.45) is 3.63. The minimum atomic E-state index is 0.194. The third kappa shape index (κ3) is 3.57. The predicted octanol–water partition coefficient (Wildman–Crippen LogP) is 3.98. The van der Waals surface area contributed by atoms with Crippen LogP contribution in [0, 0.1) is 0 Å². The van der Waals surface area contributed by atoms with Crippen LogP contribution in [-0.2, 0) is 6.54 Å². The molecule has 0 N–H and O–H groups in total. The van der Waals surface area contributed by atoms with Gasteiger partial charge in [-0.1, -0.05) is 29.8 Å². The average Bonchev–Trinajstić information content (AvgIpc) is 3.03. The molecule has 2 heterocycles. The van der Waals surface area contributed by atoms with E-state index in [-0.39, 0.29) is 6.04 Å². The van der Waals surface area contributed by atoms with Crippen molar-refractivity contribution in [2.75, 3.05) is 7.05 Å². The first-order valence-electron chi connectivity index (χ1n) is 7.32. The molecule has 2 aromatic heterocycles. The van der Waals surface area contributed by atoms with E-state index in [0.717, 1.165) is 11.1 Å². The maximum absolute atomic E-state index is 6.16. The molecule has 1 aromatic carbocycles. The molecular weight excluding hydrogens is 312 g/mol. The van der Waals surface area contributed by atoms with Gasteiger partial charge in [0, 0.05) is 18.4 Å².